The van der Waals surface area contributed by atoms with Crippen LogP contribution in [0.1, 0.15) is 32.1 Å². The van der Waals surface area contributed by atoms with Crippen molar-refractivity contribution in [3.8, 4) is 0 Å². The van der Waals surface area contributed by atoms with Crippen LogP contribution in [0.15, 0.2) is 12.7 Å². The van der Waals surface area contributed by atoms with Gasteiger partial charge in [0.1, 0.15) is 0 Å². The largest absolute Gasteiger partial charge is 0.389 e. The normalized spacial score (nSPS) is 12.6. The van der Waals surface area contributed by atoms with Crippen molar-refractivity contribution in [1.29, 1.82) is 0 Å². The molecule has 0 saturated heterocycles. The van der Waals surface area contributed by atoms with E-state index >= 15 is 0 Å². The lowest BCUT2D eigenvalue weighted by Crippen LogP contribution is -2.27. The second-order valence-corrected chi connectivity index (χ2v) is 5.36. The molecular formula is C10H18F5NO3S. The summed E-state index contributed by atoms with van der Waals surface area (Å²) in [6.07, 6.45) is -5.88. The van der Waals surface area contributed by atoms with E-state index in [0.717, 1.165) is 0 Å². The van der Waals surface area contributed by atoms with Crippen molar-refractivity contribution in [2.75, 3.05) is 6.54 Å². The molecular weight excluding hydrogens is 309 g/mol. The number of hydrogen-bond donors (Lipinski definition) is 2. The predicted octanol–water partition coefficient (Wildman–Crippen LogP) is 3.11. The van der Waals surface area contributed by atoms with Gasteiger partial charge in [-0.1, -0.05) is 12.5 Å². The molecule has 0 aliphatic rings. The molecule has 4 nitrogen and oxygen atoms in total. The Labute approximate surface area is 114 Å². The van der Waals surface area contributed by atoms with Gasteiger partial charge in [0, 0.05) is 19.4 Å². The molecule has 0 spiro atoms. The van der Waals surface area contributed by atoms with Crippen LogP contribution in [0.3, 0.4) is 0 Å². The number of unbranched alkanes of at least 4 members (excludes halogenated alkanes) is 2. The predicted molar refractivity (Wildman–Crippen MR) is 64.9 cm³/mol. The van der Waals surface area contributed by atoms with E-state index in [4.69, 9.17) is 10.3 Å². The Morgan fingerprint density at radius 1 is 1.05 bits per heavy atom. The summed E-state index contributed by atoms with van der Waals surface area (Å²) in [4.78, 5) is 0. The highest BCUT2D eigenvalue weighted by atomic mass is 32.2. The van der Waals surface area contributed by atoms with Crippen molar-refractivity contribution in [2.45, 2.75) is 43.5 Å². The van der Waals surface area contributed by atoms with E-state index in [1.54, 1.807) is 6.08 Å². The molecule has 0 amide bonds. The molecule has 10 heteroatoms. The van der Waals surface area contributed by atoms with E-state index < -0.39 is 40.8 Å². The van der Waals surface area contributed by atoms with E-state index in [9.17, 15) is 30.4 Å². The quantitative estimate of drug-likeness (QED) is 0.326. The van der Waals surface area contributed by atoms with Crippen LogP contribution in [-0.2, 0) is 10.1 Å². The molecule has 0 atom stereocenters. The first-order valence-corrected chi connectivity index (χ1v) is 7.04. The zero-order valence-corrected chi connectivity index (χ0v) is 11.5. The third kappa shape index (κ3) is 12.3. The Hall–Kier alpha value is -0.740. The van der Waals surface area contributed by atoms with E-state index in [-0.39, 0.29) is 12.8 Å². The average molecular weight is 327 g/mol. The summed E-state index contributed by atoms with van der Waals surface area (Å²) >= 11 is 0. The summed E-state index contributed by atoms with van der Waals surface area (Å²) in [5, 5.41) is -4.29. The molecule has 20 heavy (non-hydrogen) atoms. The van der Waals surface area contributed by atoms with Crippen LogP contribution in [0.2, 0.25) is 0 Å². The minimum absolute atomic E-state index is 0.176. The Bertz CT molecular complexity index is 368. The minimum atomic E-state index is -5.47. The van der Waals surface area contributed by atoms with Gasteiger partial charge >= 0.3 is 21.5 Å². The third-order valence-corrected chi connectivity index (χ3v) is 2.93. The van der Waals surface area contributed by atoms with E-state index in [0.29, 0.717) is 6.54 Å². The van der Waals surface area contributed by atoms with Gasteiger partial charge in [-0.15, -0.1) is 6.58 Å². The fourth-order valence-corrected chi connectivity index (χ4v) is 1.36. The number of alkyl halides is 5. The molecule has 0 aromatic heterocycles. The average Bonchev–Trinajstić information content (AvgIpc) is 2.25. The van der Waals surface area contributed by atoms with Gasteiger partial charge in [-0.2, -0.15) is 30.4 Å². The highest BCUT2D eigenvalue weighted by Crippen LogP contribution is 2.28. The lowest BCUT2D eigenvalue weighted by molar-refractivity contribution is -0.135. The summed E-state index contributed by atoms with van der Waals surface area (Å²) < 4.78 is 88.2. The highest BCUT2D eigenvalue weighted by molar-refractivity contribution is 7.86. The van der Waals surface area contributed by atoms with Gasteiger partial charge in [-0.25, -0.2) is 0 Å². The standard InChI is InChI=1S/C7H11F5O3S.C3H7N/c8-6(9,10)4-2-1-3-5-7(11,12)16(13,14)15;1-2-3-4/h1-5H2,(H,13,14,15);2H,1,3-4H2. The Kier molecular flexibility index (Phi) is 9.96. The maximum atomic E-state index is 12.5. The van der Waals surface area contributed by atoms with Crippen molar-refractivity contribution in [3.63, 3.8) is 0 Å². The third-order valence-electron chi connectivity index (χ3n) is 1.97. The molecule has 0 rings (SSSR count). The monoisotopic (exact) mass is 327 g/mol. The van der Waals surface area contributed by atoms with Gasteiger partial charge in [0.2, 0.25) is 0 Å². The van der Waals surface area contributed by atoms with Gasteiger partial charge in [-0.05, 0) is 12.8 Å². The molecule has 0 fully saturated rings. The lowest BCUT2D eigenvalue weighted by Gasteiger charge is -2.12. The van der Waals surface area contributed by atoms with Crippen LogP contribution < -0.4 is 5.73 Å². The molecule has 0 saturated carbocycles. The van der Waals surface area contributed by atoms with Gasteiger partial charge in [0.15, 0.2) is 0 Å². The smallest absolute Gasteiger partial charge is 0.327 e. The maximum Gasteiger partial charge on any atom is 0.389 e. The number of hydrogen-bond acceptors (Lipinski definition) is 3. The maximum absolute atomic E-state index is 12.5. The zero-order chi connectivity index (χ0) is 16.4. The summed E-state index contributed by atoms with van der Waals surface area (Å²) in [5.41, 5.74) is 4.91. The lowest BCUT2D eigenvalue weighted by atomic mass is 10.1. The Morgan fingerprint density at radius 2 is 1.45 bits per heavy atom. The fraction of sp³-hybridized carbons (Fsp3) is 0.800. The van der Waals surface area contributed by atoms with Crippen molar-refractivity contribution < 1.29 is 34.9 Å². The molecule has 0 radical (unpaired) electrons. The van der Waals surface area contributed by atoms with Crippen molar-refractivity contribution in [3.05, 3.63) is 12.7 Å². The first-order valence-electron chi connectivity index (χ1n) is 5.60. The van der Waals surface area contributed by atoms with Gasteiger partial charge in [0.05, 0.1) is 0 Å². The molecule has 0 aromatic carbocycles. The molecule has 0 bridgehead atoms. The topological polar surface area (TPSA) is 80.4 Å². The molecule has 0 unspecified atom stereocenters. The molecule has 0 heterocycles. The zero-order valence-electron chi connectivity index (χ0n) is 10.7. The fourth-order valence-electron chi connectivity index (χ4n) is 0.962. The van der Waals surface area contributed by atoms with Crippen LogP contribution in [0.5, 0.6) is 0 Å². The van der Waals surface area contributed by atoms with Gasteiger partial charge < -0.3 is 5.73 Å². The van der Waals surface area contributed by atoms with Crippen molar-refractivity contribution in [1.82, 2.24) is 0 Å². The molecule has 0 aromatic rings. The summed E-state index contributed by atoms with van der Waals surface area (Å²) in [6, 6.07) is 0. The number of rotatable bonds is 7. The molecule has 0 aliphatic heterocycles. The van der Waals surface area contributed by atoms with Crippen LogP contribution in [0.4, 0.5) is 22.0 Å². The summed E-state index contributed by atoms with van der Waals surface area (Å²) in [6.45, 7) is 3.94. The first kappa shape index (κ1) is 21.6. The number of halogens is 5. The van der Waals surface area contributed by atoms with E-state index in [1.807, 2.05) is 0 Å². The van der Waals surface area contributed by atoms with Crippen molar-refractivity contribution in [2.24, 2.45) is 5.73 Å². The van der Waals surface area contributed by atoms with Gasteiger partial charge in [0.25, 0.3) is 0 Å². The summed E-state index contributed by atoms with van der Waals surface area (Å²) in [5.74, 6) is 0. The Balaban J connectivity index is 0. The molecule has 0 aliphatic carbocycles. The molecule has 122 valence electrons. The number of nitrogens with two attached hydrogens (primary N) is 1. The van der Waals surface area contributed by atoms with Crippen LogP contribution in [0.25, 0.3) is 0 Å². The molecule has 3 N–H and O–H groups in total. The van der Waals surface area contributed by atoms with Crippen LogP contribution >= 0.6 is 0 Å². The van der Waals surface area contributed by atoms with Crippen LogP contribution in [-0.4, -0.2) is 30.9 Å². The summed E-state index contributed by atoms with van der Waals surface area (Å²) in [7, 11) is -5.47. The first-order chi connectivity index (χ1) is 8.87. The second kappa shape index (κ2) is 9.24. The SMILES string of the molecule is C=CCN.O=S(=O)(O)C(F)(F)CCCCCC(F)(F)F. The van der Waals surface area contributed by atoms with E-state index in [1.165, 1.54) is 0 Å². The minimum Gasteiger partial charge on any atom is -0.327 e. The van der Waals surface area contributed by atoms with Gasteiger partial charge in [-0.3, -0.25) is 4.55 Å². The second-order valence-electron chi connectivity index (χ2n) is 3.81. The van der Waals surface area contributed by atoms with Crippen molar-refractivity contribution >= 4 is 10.1 Å². The highest BCUT2D eigenvalue weighted by Gasteiger charge is 2.42. The van der Waals surface area contributed by atoms with E-state index in [2.05, 4.69) is 6.58 Å². The van der Waals surface area contributed by atoms with Crippen LogP contribution in [0, 0.1) is 0 Å². The Morgan fingerprint density at radius 3 is 1.75 bits per heavy atom.